The van der Waals surface area contributed by atoms with Gasteiger partial charge in [0.2, 0.25) is 0 Å². The summed E-state index contributed by atoms with van der Waals surface area (Å²) in [7, 11) is -3.06. The molecule has 0 radical (unpaired) electrons. The molecule has 134 valence electrons. The van der Waals surface area contributed by atoms with E-state index in [1.54, 1.807) is 11.0 Å². The van der Waals surface area contributed by atoms with Crippen LogP contribution >= 0.6 is 11.3 Å². The molecule has 1 aliphatic rings. The maximum atomic E-state index is 12.9. The number of sulfone groups is 1. The van der Waals surface area contributed by atoms with Crippen LogP contribution in [0.5, 0.6) is 5.75 Å². The van der Waals surface area contributed by atoms with Crippen LogP contribution in [0.15, 0.2) is 41.8 Å². The molecule has 0 aliphatic carbocycles. The minimum Gasteiger partial charge on any atom is -0.494 e. The molecule has 3 rings (SSSR count). The van der Waals surface area contributed by atoms with Crippen molar-refractivity contribution in [3.8, 4) is 5.75 Å². The SMILES string of the molecule is CCOc1ccc(CN(C(=O)c2cccs2)[C@H]2CCS(=O)(=O)C2)cc1. The number of thiophene rings is 1. The predicted octanol–water partition coefficient (Wildman–Crippen LogP) is 2.98. The molecule has 5 nitrogen and oxygen atoms in total. The Balaban J connectivity index is 1.82. The van der Waals surface area contributed by atoms with Crippen molar-refractivity contribution in [1.29, 1.82) is 0 Å². The molecule has 7 heteroatoms. The molecule has 25 heavy (non-hydrogen) atoms. The molecule has 0 unspecified atom stereocenters. The molecule has 1 aromatic heterocycles. The van der Waals surface area contributed by atoms with Crippen LogP contribution < -0.4 is 4.74 Å². The van der Waals surface area contributed by atoms with E-state index in [0.29, 0.717) is 24.4 Å². The molecule has 0 N–H and O–H groups in total. The standard InChI is InChI=1S/C18H21NO4S2/c1-2-23-16-7-5-14(6-8-16)12-19(15-9-11-25(21,22)13-15)18(20)17-4-3-10-24-17/h3-8,10,15H,2,9,11-13H2,1H3/t15-/m0/s1. The lowest BCUT2D eigenvalue weighted by molar-refractivity contribution is 0.0686. The molecule has 2 aromatic rings. The normalized spacial score (nSPS) is 18.8. The minimum absolute atomic E-state index is 0.0428. The highest BCUT2D eigenvalue weighted by atomic mass is 32.2. The maximum Gasteiger partial charge on any atom is 0.264 e. The van der Waals surface area contributed by atoms with Crippen molar-refractivity contribution in [2.24, 2.45) is 0 Å². The van der Waals surface area contributed by atoms with Crippen LogP contribution in [0.3, 0.4) is 0 Å². The second-order valence-corrected chi connectivity index (χ2v) is 9.22. The van der Waals surface area contributed by atoms with E-state index < -0.39 is 9.84 Å². The van der Waals surface area contributed by atoms with Crippen LogP contribution in [-0.2, 0) is 16.4 Å². The number of rotatable bonds is 6. The van der Waals surface area contributed by atoms with Crippen molar-refractivity contribution in [3.05, 3.63) is 52.2 Å². The van der Waals surface area contributed by atoms with Gasteiger partial charge in [-0.25, -0.2) is 8.42 Å². The van der Waals surface area contributed by atoms with Crippen molar-refractivity contribution in [2.45, 2.75) is 25.9 Å². The Morgan fingerprint density at radius 2 is 2.04 bits per heavy atom. The Labute approximate surface area is 152 Å². The largest absolute Gasteiger partial charge is 0.494 e. The zero-order valence-electron chi connectivity index (χ0n) is 14.1. The lowest BCUT2D eigenvalue weighted by Gasteiger charge is -2.28. The van der Waals surface area contributed by atoms with Crippen LogP contribution in [0.25, 0.3) is 0 Å². The third-order valence-electron chi connectivity index (χ3n) is 4.23. The average molecular weight is 380 g/mol. The molecule has 1 amide bonds. The Morgan fingerprint density at radius 1 is 1.28 bits per heavy atom. The first kappa shape index (κ1) is 17.9. The molecular weight excluding hydrogens is 358 g/mol. The molecular formula is C18H21NO4S2. The Hall–Kier alpha value is -1.86. The topological polar surface area (TPSA) is 63.7 Å². The molecule has 1 atom stereocenters. The third kappa shape index (κ3) is 4.41. The summed E-state index contributed by atoms with van der Waals surface area (Å²) in [5.74, 6) is 0.868. The van der Waals surface area contributed by atoms with E-state index in [4.69, 9.17) is 4.74 Å². The minimum atomic E-state index is -3.06. The number of ether oxygens (including phenoxy) is 1. The molecule has 2 heterocycles. The summed E-state index contributed by atoms with van der Waals surface area (Å²) in [6.45, 7) is 2.92. The summed E-state index contributed by atoms with van der Waals surface area (Å²) in [5.41, 5.74) is 0.956. The molecule has 1 fully saturated rings. The molecule has 1 aliphatic heterocycles. The van der Waals surface area contributed by atoms with Gasteiger partial charge in [-0.1, -0.05) is 18.2 Å². The third-order valence-corrected chi connectivity index (χ3v) is 6.84. The number of hydrogen-bond acceptors (Lipinski definition) is 5. The van der Waals surface area contributed by atoms with Crippen molar-refractivity contribution in [2.75, 3.05) is 18.1 Å². The number of hydrogen-bond donors (Lipinski definition) is 0. The van der Waals surface area contributed by atoms with Gasteiger partial charge in [-0.05, 0) is 42.5 Å². The fourth-order valence-electron chi connectivity index (χ4n) is 2.98. The van der Waals surface area contributed by atoms with Crippen LogP contribution in [-0.4, -0.2) is 43.4 Å². The summed E-state index contributed by atoms with van der Waals surface area (Å²) < 4.78 is 29.2. The zero-order chi connectivity index (χ0) is 17.9. The summed E-state index contributed by atoms with van der Waals surface area (Å²) >= 11 is 1.38. The second-order valence-electron chi connectivity index (χ2n) is 6.04. The van der Waals surface area contributed by atoms with Crippen LogP contribution in [0.2, 0.25) is 0 Å². The van der Waals surface area contributed by atoms with Crippen molar-refractivity contribution in [1.82, 2.24) is 4.90 Å². The Kier molecular flexibility index (Phi) is 5.44. The van der Waals surface area contributed by atoms with Gasteiger partial charge >= 0.3 is 0 Å². The quantitative estimate of drug-likeness (QED) is 0.774. The molecule has 0 bridgehead atoms. The zero-order valence-corrected chi connectivity index (χ0v) is 15.7. The lowest BCUT2D eigenvalue weighted by Crippen LogP contribution is -2.40. The number of benzene rings is 1. The summed E-state index contributed by atoms with van der Waals surface area (Å²) in [4.78, 5) is 15.2. The van der Waals surface area contributed by atoms with Gasteiger partial charge < -0.3 is 9.64 Å². The van der Waals surface area contributed by atoms with E-state index in [1.807, 2.05) is 42.6 Å². The molecule has 1 aromatic carbocycles. The molecule has 0 saturated carbocycles. The van der Waals surface area contributed by atoms with E-state index in [-0.39, 0.29) is 23.5 Å². The van der Waals surface area contributed by atoms with Crippen molar-refractivity contribution >= 4 is 27.1 Å². The van der Waals surface area contributed by atoms with Gasteiger partial charge in [0.05, 0.1) is 23.0 Å². The van der Waals surface area contributed by atoms with E-state index in [9.17, 15) is 13.2 Å². The monoisotopic (exact) mass is 379 g/mol. The summed E-state index contributed by atoms with van der Waals surface area (Å²) in [6, 6.07) is 10.9. The van der Waals surface area contributed by atoms with Gasteiger partial charge in [-0.3, -0.25) is 4.79 Å². The first-order valence-corrected chi connectivity index (χ1v) is 11.0. The number of amides is 1. The van der Waals surface area contributed by atoms with Crippen molar-refractivity contribution < 1.29 is 17.9 Å². The Morgan fingerprint density at radius 3 is 2.60 bits per heavy atom. The van der Waals surface area contributed by atoms with E-state index in [0.717, 1.165) is 11.3 Å². The highest BCUT2D eigenvalue weighted by Crippen LogP contribution is 2.24. The lowest BCUT2D eigenvalue weighted by atomic mass is 10.1. The van der Waals surface area contributed by atoms with Crippen LogP contribution in [0.1, 0.15) is 28.6 Å². The predicted molar refractivity (Wildman–Crippen MR) is 98.9 cm³/mol. The first-order valence-electron chi connectivity index (χ1n) is 8.25. The van der Waals surface area contributed by atoms with Gasteiger partial charge in [0.15, 0.2) is 9.84 Å². The van der Waals surface area contributed by atoms with Crippen molar-refractivity contribution in [3.63, 3.8) is 0 Å². The smallest absolute Gasteiger partial charge is 0.264 e. The Bertz CT molecular complexity index is 813. The van der Waals surface area contributed by atoms with Gasteiger partial charge in [-0.15, -0.1) is 11.3 Å². The van der Waals surface area contributed by atoms with Gasteiger partial charge in [-0.2, -0.15) is 0 Å². The summed E-state index contributed by atoms with van der Waals surface area (Å²) in [6.07, 6.45) is 0.497. The highest BCUT2D eigenvalue weighted by molar-refractivity contribution is 7.91. The fourth-order valence-corrected chi connectivity index (χ4v) is 5.39. The van der Waals surface area contributed by atoms with E-state index in [1.165, 1.54) is 11.3 Å². The number of carbonyl (C=O) groups is 1. The van der Waals surface area contributed by atoms with Gasteiger partial charge in [0.25, 0.3) is 5.91 Å². The van der Waals surface area contributed by atoms with Crippen LogP contribution in [0.4, 0.5) is 0 Å². The van der Waals surface area contributed by atoms with E-state index in [2.05, 4.69) is 0 Å². The fraction of sp³-hybridized carbons (Fsp3) is 0.389. The van der Waals surface area contributed by atoms with Gasteiger partial charge in [0.1, 0.15) is 5.75 Å². The number of carbonyl (C=O) groups excluding carboxylic acids is 1. The highest BCUT2D eigenvalue weighted by Gasteiger charge is 2.35. The van der Waals surface area contributed by atoms with Gasteiger partial charge in [0, 0.05) is 12.6 Å². The molecule has 0 spiro atoms. The summed E-state index contributed by atoms with van der Waals surface area (Å²) in [5, 5.41) is 1.85. The van der Waals surface area contributed by atoms with E-state index >= 15 is 0 Å². The molecule has 1 saturated heterocycles. The average Bonchev–Trinajstić information content (AvgIpc) is 3.23. The maximum absolute atomic E-state index is 12.9. The number of nitrogens with zero attached hydrogens (tertiary/aromatic N) is 1. The first-order chi connectivity index (χ1) is 12.0. The van der Waals surface area contributed by atoms with Crippen LogP contribution in [0, 0.1) is 0 Å². The second kappa shape index (κ2) is 7.58.